The third-order valence-corrected chi connectivity index (χ3v) is 6.64. The molecule has 1 aliphatic rings. The number of carbonyl (C=O) groups is 1. The van der Waals surface area contributed by atoms with Crippen LogP contribution in [0.1, 0.15) is 59.3 Å². The summed E-state index contributed by atoms with van der Waals surface area (Å²) >= 11 is 0. The van der Waals surface area contributed by atoms with Gasteiger partial charge in [0.15, 0.2) is 9.84 Å². The SMILES string of the molecule is CCC(CC)CN(CC)C(=O)CS(=O)(=O)C1CCCC1. The highest BCUT2D eigenvalue weighted by molar-refractivity contribution is 7.92. The van der Waals surface area contributed by atoms with Crippen molar-refractivity contribution in [2.45, 2.75) is 64.5 Å². The maximum atomic E-state index is 12.3. The number of amides is 1. The summed E-state index contributed by atoms with van der Waals surface area (Å²) in [5, 5.41) is -0.279. The lowest BCUT2D eigenvalue weighted by Gasteiger charge is -2.26. The molecule has 1 saturated carbocycles. The predicted molar refractivity (Wildman–Crippen MR) is 82.4 cm³/mol. The van der Waals surface area contributed by atoms with Gasteiger partial charge in [0.05, 0.1) is 5.25 Å². The molecule has 0 aliphatic heterocycles. The van der Waals surface area contributed by atoms with E-state index in [1.807, 2.05) is 6.92 Å². The standard InChI is InChI=1S/C15H29NO3S/c1-4-13(5-2)11-16(6-3)15(17)12-20(18,19)14-9-7-8-10-14/h13-14H,4-12H2,1-3H3. The molecule has 118 valence electrons. The Hall–Kier alpha value is -0.580. The fraction of sp³-hybridized carbons (Fsp3) is 0.933. The highest BCUT2D eigenvalue weighted by Crippen LogP contribution is 2.25. The van der Waals surface area contributed by atoms with Gasteiger partial charge in [-0.25, -0.2) is 8.42 Å². The van der Waals surface area contributed by atoms with Gasteiger partial charge in [-0.2, -0.15) is 0 Å². The van der Waals surface area contributed by atoms with Gasteiger partial charge >= 0.3 is 0 Å². The molecule has 0 spiro atoms. The molecule has 0 N–H and O–H groups in total. The summed E-state index contributed by atoms with van der Waals surface area (Å²) in [6.07, 6.45) is 5.46. The van der Waals surface area contributed by atoms with E-state index in [1.165, 1.54) is 0 Å². The minimum absolute atomic E-state index is 0.216. The molecule has 0 bridgehead atoms. The Balaban J connectivity index is 2.62. The number of hydrogen-bond donors (Lipinski definition) is 0. The van der Waals surface area contributed by atoms with Gasteiger partial charge in [0.1, 0.15) is 5.75 Å². The highest BCUT2D eigenvalue weighted by atomic mass is 32.2. The van der Waals surface area contributed by atoms with Crippen LogP contribution in [-0.2, 0) is 14.6 Å². The monoisotopic (exact) mass is 303 g/mol. The molecular formula is C15H29NO3S. The topological polar surface area (TPSA) is 54.5 Å². The summed E-state index contributed by atoms with van der Waals surface area (Å²) in [6.45, 7) is 7.42. The Morgan fingerprint density at radius 1 is 1.15 bits per heavy atom. The van der Waals surface area contributed by atoms with E-state index in [4.69, 9.17) is 0 Å². The lowest BCUT2D eigenvalue weighted by atomic mass is 10.0. The van der Waals surface area contributed by atoms with E-state index in [2.05, 4.69) is 13.8 Å². The number of rotatable bonds is 8. The molecule has 0 aromatic heterocycles. The molecule has 0 radical (unpaired) electrons. The number of nitrogens with zero attached hydrogens (tertiary/aromatic N) is 1. The van der Waals surface area contributed by atoms with Crippen molar-refractivity contribution in [2.75, 3.05) is 18.8 Å². The summed E-state index contributed by atoms with van der Waals surface area (Å²) < 4.78 is 24.5. The van der Waals surface area contributed by atoms with Crippen LogP contribution in [0, 0.1) is 5.92 Å². The lowest BCUT2D eigenvalue weighted by Crippen LogP contribution is -2.40. The molecule has 0 atom stereocenters. The van der Waals surface area contributed by atoms with E-state index in [0.717, 1.165) is 38.5 Å². The van der Waals surface area contributed by atoms with E-state index in [0.29, 0.717) is 19.0 Å². The molecule has 1 rings (SSSR count). The van der Waals surface area contributed by atoms with E-state index in [-0.39, 0.29) is 16.9 Å². The minimum atomic E-state index is -3.25. The number of sulfone groups is 1. The molecule has 5 heteroatoms. The summed E-state index contributed by atoms with van der Waals surface area (Å²) in [5.74, 6) is -0.0505. The van der Waals surface area contributed by atoms with E-state index >= 15 is 0 Å². The van der Waals surface area contributed by atoms with Crippen LogP contribution in [0.5, 0.6) is 0 Å². The summed E-state index contributed by atoms with van der Waals surface area (Å²) in [7, 11) is -3.25. The molecule has 1 fully saturated rings. The zero-order valence-electron chi connectivity index (χ0n) is 13.1. The molecule has 1 aliphatic carbocycles. The molecule has 4 nitrogen and oxygen atoms in total. The smallest absolute Gasteiger partial charge is 0.237 e. The van der Waals surface area contributed by atoms with Gasteiger partial charge < -0.3 is 4.90 Å². The molecule has 0 unspecified atom stereocenters. The zero-order chi connectivity index (χ0) is 15.2. The van der Waals surface area contributed by atoms with Crippen LogP contribution in [0.2, 0.25) is 0 Å². The van der Waals surface area contributed by atoms with Crippen LogP contribution in [0.15, 0.2) is 0 Å². The predicted octanol–water partition coefficient (Wildman–Crippen LogP) is 2.63. The van der Waals surface area contributed by atoms with Gasteiger partial charge in [-0.3, -0.25) is 4.79 Å². The average Bonchev–Trinajstić information content (AvgIpc) is 2.94. The van der Waals surface area contributed by atoms with Gasteiger partial charge in [-0.15, -0.1) is 0 Å². The Morgan fingerprint density at radius 2 is 1.70 bits per heavy atom. The lowest BCUT2D eigenvalue weighted by molar-refractivity contribution is -0.128. The van der Waals surface area contributed by atoms with Crippen molar-refractivity contribution in [2.24, 2.45) is 5.92 Å². The van der Waals surface area contributed by atoms with E-state index in [1.54, 1.807) is 4.90 Å². The summed E-state index contributed by atoms with van der Waals surface area (Å²) in [4.78, 5) is 14.0. The Bertz CT molecular complexity index is 395. The second kappa shape index (κ2) is 8.01. The first-order chi connectivity index (χ1) is 9.44. The first-order valence-corrected chi connectivity index (χ1v) is 9.65. The quantitative estimate of drug-likeness (QED) is 0.692. The van der Waals surface area contributed by atoms with Crippen molar-refractivity contribution in [3.63, 3.8) is 0 Å². The first kappa shape index (κ1) is 17.5. The van der Waals surface area contributed by atoms with Gasteiger partial charge in [0.2, 0.25) is 5.91 Å². The second-order valence-electron chi connectivity index (χ2n) is 5.83. The van der Waals surface area contributed by atoms with Crippen LogP contribution in [-0.4, -0.2) is 43.3 Å². The Morgan fingerprint density at radius 3 is 2.15 bits per heavy atom. The third kappa shape index (κ3) is 4.76. The normalized spacial score (nSPS) is 16.8. The average molecular weight is 303 g/mol. The Labute approximate surface area is 123 Å². The second-order valence-corrected chi connectivity index (χ2v) is 8.11. The van der Waals surface area contributed by atoms with Crippen LogP contribution in [0.3, 0.4) is 0 Å². The number of hydrogen-bond acceptors (Lipinski definition) is 3. The summed E-state index contributed by atoms with van der Waals surface area (Å²) in [5.41, 5.74) is 0. The van der Waals surface area contributed by atoms with Crippen molar-refractivity contribution >= 4 is 15.7 Å². The molecule has 20 heavy (non-hydrogen) atoms. The minimum Gasteiger partial charge on any atom is -0.342 e. The van der Waals surface area contributed by atoms with Crippen LogP contribution in [0.4, 0.5) is 0 Å². The summed E-state index contributed by atoms with van der Waals surface area (Å²) in [6, 6.07) is 0. The van der Waals surface area contributed by atoms with Gasteiger partial charge in [-0.1, -0.05) is 39.5 Å². The third-order valence-electron chi connectivity index (χ3n) is 4.50. The van der Waals surface area contributed by atoms with Crippen LogP contribution < -0.4 is 0 Å². The molecule has 0 saturated heterocycles. The molecule has 0 heterocycles. The fourth-order valence-corrected chi connectivity index (χ4v) is 4.71. The van der Waals surface area contributed by atoms with Gasteiger partial charge in [-0.05, 0) is 25.7 Å². The molecule has 1 amide bonds. The zero-order valence-corrected chi connectivity index (χ0v) is 13.9. The molecule has 0 aromatic rings. The maximum absolute atomic E-state index is 12.3. The van der Waals surface area contributed by atoms with Crippen molar-refractivity contribution in [1.82, 2.24) is 4.90 Å². The van der Waals surface area contributed by atoms with Crippen molar-refractivity contribution in [3.8, 4) is 0 Å². The largest absolute Gasteiger partial charge is 0.342 e. The molecule has 0 aromatic carbocycles. The highest BCUT2D eigenvalue weighted by Gasteiger charge is 2.32. The van der Waals surface area contributed by atoms with Crippen molar-refractivity contribution in [3.05, 3.63) is 0 Å². The van der Waals surface area contributed by atoms with Gasteiger partial charge in [0.25, 0.3) is 0 Å². The maximum Gasteiger partial charge on any atom is 0.237 e. The van der Waals surface area contributed by atoms with Crippen molar-refractivity contribution in [1.29, 1.82) is 0 Å². The Kier molecular flexibility index (Phi) is 7.00. The number of carbonyl (C=O) groups excluding carboxylic acids is 1. The first-order valence-electron chi connectivity index (χ1n) is 7.93. The molecular weight excluding hydrogens is 274 g/mol. The van der Waals surface area contributed by atoms with Crippen LogP contribution >= 0.6 is 0 Å². The van der Waals surface area contributed by atoms with E-state index < -0.39 is 9.84 Å². The van der Waals surface area contributed by atoms with Crippen LogP contribution in [0.25, 0.3) is 0 Å². The van der Waals surface area contributed by atoms with E-state index in [9.17, 15) is 13.2 Å². The van der Waals surface area contributed by atoms with Gasteiger partial charge in [0, 0.05) is 13.1 Å². The fourth-order valence-electron chi connectivity index (χ4n) is 2.89. The van der Waals surface area contributed by atoms with Crippen molar-refractivity contribution < 1.29 is 13.2 Å².